The molecule has 20 heavy (non-hydrogen) atoms. The van der Waals surface area contributed by atoms with Gasteiger partial charge in [0.1, 0.15) is 0 Å². The van der Waals surface area contributed by atoms with Crippen molar-refractivity contribution in [3.05, 3.63) is 49.6 Å². The number of carboxylic acid groups (broad SMARTS) is 1. The molecule has 0 saturated carbocycles. The number of benzene rings is 1. The second-order valence-electron chi connectivity index (χ2n) is 4.73. The second kappa shape index (κ2) is 5.97. The lowest BCUT2D eigenvalue weighted by Crippen LogP contribution is -2.07. The van der Waals surface area contributed by atoms with Crippen molar-refractivity contribution in [2.45, 2.75) is 26.8 Å². The molecule has 3 nitrogen and oxygen atoms in total. The van der Waals surface area contributed by atoms with Gasteiger partial charge in [-0.2, -0.15) is 0 Å². The van der Waals surface area contributed by atoms with Gasteiger partial charge in [0.05, 0.1) is 5.56 Å². The molecule has 106 valence electrons. The summed E-state index contributed by atoms with van der Waals surface area (Å²) < 4.78 is 0.584. The summed E-state index contributed by atoms with van der Waals surface area (Å²) >= 11 is 5.08. The molecule has 2 rings (SSSR count). The first-order chi connectivity index (χ1) is 9.38. The minimum absolute atomic E-state index is 0.183. The number of hydrogen-bond donors (Lipinski definition) is 2. The lowest BCUT2D eigenvalue weighted by Gasteiger charge is -2.16. The Morgan fingerprint density at radius 2 is 2.05 bits per heavy atom. The molecule has 0 saturated heterocycles. The number of hydrogen-bond acceptors (Lipinski definition) is 3. The van der Waals surface area contributed by atoms with Crippen molar-refractivity contribution < 1.29 is 9.90 Å². The number of aryl methyl sites for hydroxylation is 2. The molecule has 0 fully saturated rings. The number of thiophene rings is 1. The molecule has 0 spiro atoms. The van der Waals surface area contributed by atoms with Crippen LogP contribution in [0.2, 0.25) is 0 Å². The van der Waals surface area contributed by atoms with Gasteiger partial charge in [-0.1, -0.05) is 0 Å². The molecule has 1 unspecified atom stereocenters. The van der Waals surface area contributed by atoms with Crippen LogP contribution in [0.25, 0.3) is 0 Å². The van der Waals surface area contributed by atoms with Gasteiger partial charge >= 0.3 is 5.97 Å². The third kappa shape index (κ3) is 3.22. The molecule has 0 aliphatic rings. The Balaban J connectivity index is 2.20. The number of nitrogens with one attached hydrogen (secondary N) is 1. The van der Waals surface area contributed by atoms with E-state index in [-0.39, 0.29) is 11.6 Å². The van der Waals surface area contributed by atoms with Crippen molar-refractivity contribution in [2.24, 2.45) is 0 Å². The van der Waals surface area contributed by atoms with E-state index in [1.807, 2.05) is 0 Å². The summed E-state index contributed by atoms with van der Waals surface area (Å²) in [6.07, 6.45) is 0. The summed E-state index contributed by atoms with van der Waals surface area (Å²) in [7, 11) is 0. The zero-order valence-corrected chi connectivity index (χ0v) is 13.9. The maximum absolute atomic E-state index is 11.0. The molecule has 5 heteroatoms. The minimum atomic E-state index is -0.930. The summed E-state index contributed by atoms with van der Waals surface area (Å²) in [4.78, 5) is 13.6. The van der Waals surface area contributed by atoms with Gasteiger partial charge in [-0.25, -0.2) is 4.79 Å². The highest BCUT2D eigenvalue weighted by Crippen LogP contribution is 2.30. The van der Waals surface area contributed by atoms with E-state index in [1.165, 1.54) is 15.3 Å². The zero-order valence-electron chi connectivity index (χ0n) is 11.5. The average Bonchev–Trinajstić information content (AvgIpc) is 2.68. The van der Waals surface area contributed by atoms with Crippen LogP contribution in [0.15, 0.2) is 28.7 Å². The highest BCUT2D eigenvalue weighted by Gasteiger charge is 2.13. The first kappa shape index (κ1) is 15.1. The van der Waals surface area contributed by atoms with Crippen LogP contribution < -0.4 is 5.32 Å². The van der Waals surface area contributed by atoms with Crippen molar-refractivity contribution in [2.75, 3.05) is 5.32 Å². The first-order valence-electron chi connectivity index (χ1n) is 6.25. The van der Waals surface area contributed by atoms with Gasteiger partial charge in [-0.05, 0) is 66.5 Å². The summed E-state index contributed by atoms with van der Waals surface area (Å²) in [5, 5.41) is 12.4. The lowest BCUT2D eigenvalue weighted by molar-refractivity contribution is 0.0696. The number of halogens is 1. The van der Waals surface area contributed by atoms with E-state index < -0.39 is 5.97 Å². The van der Waals surface area contributed by atoms with E-state index in [0.29, 0.717) is 4.47 Å². The van der Waals surface area contributed by atoms with Crippen LogP contribution >= 0.6 is 27.3 Å². The Bertz CT molecular complexity index is 651. The Morgan fingerprint density at radius 1 is 1.35 bits per heavy atom. The molecule has 2 aromatic rings. The third-order valence-electron chi connectivity index (χ3n) is 3.13. The molecule has 1 aromatic heterocycles. The third-order valence-corrected chi connectivity index (χ3v) is 4.77. The number of carbonyl (C=O) groups is 1. The van der Waals surface area contributed by atoms with E-state index >= 15 is 0 Å². The standard InChI is InChI=1S/C15H16BrNO2S/c1-8-6-13(10(3)20-8)9(2)17-11-4-5-12(15(18)19)14(16)7-11/h4-7,9,17H,1-3H3,(H,18,19). The molecule has 0 aliphatic heterocycles. The lowest BCUT2D eigenvalue weighted by atomic mass is 10.1. The van der Waals surface area contributed by atoms with Crippen LogP contribution in [0.1, 0.15) is 38.6 Å². The summed E-state index contributed by atoms with van der Waals surface area (Å²) in [5.74, 6) is -0.930. The van der Waals surface area contributed by atoms with Crippen LogP contribution in [-0.2, 0) is 0 Å². The fourth-order valence-electron chi connectivity index (χ4n) is 2.19. The molecular weight excluding hydrogens is 338 g/mol. The quantitative estimate of drug-likeness (QED) is 0.812. The Kier molecular flexibility index (Phi) is 4.50. The highest BCUT2D eigenvalue weighted by molar-refractivity contribution is 9.10. The van der Waals surface area contributed by atoms with Gasteiger partial charge in [-0.3, -0.25) is 0 Å². The zero-order chi connectivity index (χ0) is 14.9. The van der Waals surface area contributed by atoms with Gasteiger partial charge in [0.25, 0.3) is 0 Å². The van der Waals surface area contributed by atoms with Crippen molar-refractivity contribution in [1.82, 2.24) is 0 Å². The molecule has 0 radical (unpaired) electrons. The summed E-state index contributed by atoms with van der Waals surface area (Å²) in [6, 6.07) is 7.57. The van der Waals surface area contributed by atoms with Crippen LogP contribution in [0.5, 0.6) is 0 Å². The molecule has 0 bridgehead atoms. The summed E-state index contributed by atoms with van der Waals surface area (Å²) in [6.45, 7) is 6.33. The van der Waals surface area contributed by atoms with Crippen molar-refractivity contribution in [1.29, 1.82) is 0 Å². The molecular formula is C15H16BrNO2S. The number of carboxylic acids is 1. The summed E-state index contributed by atoms with van der Waals surface area (Å²) in [5.41, 5.74) is 2.45. The maximum atomic E-state index is 11.0. The monoisotopic (exact) mass is 353 g/mol. The van der Waals surface area contributed by atoms with Gasteiger partial charge in [0.2, 0.25) is 0 Å². The highest BCUT2D eigenvalue weighted by atomic mass is 79.9. The molecule has 0 aliphatic carbocycles. The average molecular weight is 354 g/mol. The first-order valence-corrected chi connectivity index (χ1v) is 7.85. The van der Waals surface area contributed by atoms with E-state index in [2.05, 4.69) is 48.1 Å². The Labute approximate surface area is 130 Å². The normalized spacial score (nSPS) is 12.2. The predicted octanol–water partition coefficient (Wildman–Crippen LogP) is 5.00. The topological polar surface area (TPSA) is 49.3 Å². The van der Waals surface area contributed by atoms with Crippen LogP contribution in [0.4, 0.5) is 5.69 Å². The van der Waals surface area contributed by atoms with Crippen LogP contribution in [0, 0.1) is 13.8 Å². The SMILES string of the molecule is Cc1cc(C(C)Nc2ccc(C(=O)O)c(Br)c2)c(C)s1. The van der Waals surface area contributed by atoms with Crippen molar-refractivity contribution in [3.8, 4) is 0 Å². The number of anilines is 1. The van der Waals surface area contributed by atoms with E-state index in [0.717, 1.165) is 5.69 Å². The largest absolute Gasteiger partial charge is 0.478 e. The molecule has 1 heterocycles. The van der Waals surface area contributed by atoms with Crippen LogP contribution in [-0.4, -0.2) is 11.1 Å². The van der Waals surface area contributed by atoms with Crippen molar-refractivity contribution in [3.63, 3.8) is 0 Å². The van der Waals surface area contributed by atoms with Gasteiger partial charge < -0.3 is 10.4 Å². The second-order valence-corrected chi connectivity index (χ2v) is 7.05. The van der Waals surface area contributed by atoms with E-state index in [9.17, 15) is 4.79 Å². The number of aromatic carboxylic acids is 1. The van der Waals surface area contributed by atoms with Crippen LogP contribution in [0.3, 0.4) is 0 Å². The minimum Gasteiger partial charge on any atom is -0.478 e. The number of rotatable bonds is 4. The van der Waals surface area contributed by atoms with Crippen molar-refractivity contribution >= 4 is 38.9 Å². The molecule has 2 N–H and O–H groups in total. The molecule has 1 aromatic carbocycles. The maximum Gasteiger partial charge on any atom is 0.336 e. The predicted molar refractivity (Wildman–Crippen MR) is 86.9 cm³/mol. The Hall–Kier alpha value is -1.33. The fourth-order valence-corrected chi connectivity index (χ4v) is 3.76. The van der Waals surface area contributed by atoms with E-state index in [1.54, 1.807) is 29.5 Å². The fraction of sp³-hybridized carbons (Fsp3) is 0.267. The molecule has 1 atom stereocenters. The van der Waals surface area contributed by atoms with E-state index in [4.69, 9.17) is 5.11 Å². The van der Waals surface area contributed by atoms with Gasteiger partial charge in [0.15, 0.2) is 0 Å². The van der Waals surface area contributed by atoms with Gasteiger partial charge in [-0.15, -0.1) is 11.3 Å². The molecule has 0 amide bonds. The van der Waals surface area contributed by atoms with Gasteiger partial charge in [0, 0.05) is 26.0 Å². The smallest absolute Gasteiger partial charge is 0.336 e. The Morgan fingerprint density at radius 3 is 2.55 bits per heavy atom.